The Morgan fingerprint density at radius 1 is 1.53 bits per heavy atom. The molecule has 7 nitrogen and oxygen atoms in total. The third-order valence-corrected chi connectivity index (χ3v) is 3.18. The highest BCUT2D eigenvalue weighted by atomic mass is 16.5. The van der Waals surface area contributed by atoms with Crippen LogP contribution in [0.3, 0.4) is 0 Å². The molecule has 0 saturated carbocycles. The number of aryl methyl sites for hydroxylation is 1. The van der Waals surface area contributed by atoms with Gasteiger partial charge >= 0.3 is 0 Å². The Morgan fingerprint density at radius 2 is 2.21 bits per heavy atom. The van der Waals surface area contributed by atoms with Gasteiger partial charge in [-0.2, -0.15) is 0 Å². The minimum absolute atomic E-state index is 0.00616. The number of carbonyl (C=O) groups excluding carboxylic acids is 2. The largest absolute Gasteiger partial charge is 0.368 e. The van der Waals surface area contributed by atoms with E-state index in [-0.39, 0.29) is 24.3 Å². The van der Waals surface area contributed by atoms with Gasteiger partial charge in [0.2, 0.25) is 11.7 Å². The lowest BCUT2D eigenvalue weighted by Gasteiger charge is -2.33. The fraction of sp³-hybridized carbons (Fsp3) is 0.583. The summed E-state index contributed by atoms with van der Waals surface area (Å²) in [5, 5.41) is 6.91. The Balaban J connectivity index is 2.16. The van der Waals surface area contributed by atoms with Gasteiger partial charge in [0.1, 0.15) is 6.54 Å². The summed E-state index contributed by atoms with van der Waals surface area (Å²) in [6, 6.07) is 1.57. The van der Waals surface area contributed by atoms with Gasteiger partial charge in [0, 0.05) is 12.1 Å². The van der Waals surface area contributed by atoms with E-state index in [1.54, 1.807) is 13.0 Å². The number of aromatic nitrogens is 1. The molecule has 0 radical (unpaired) electrons. The number of amides is 2. The fourth-order valence-corrected chi connectivity index (χ4v) is 2.26. The maximum atomic E-state index is 12.4. The maximum Gasteiger partial charge on any atom is 0.293 e. The van der Waals surface area contributed by atoms with Crippen molar-refractivity contribution in [2.24, 2.45) is 5.73 Å². The number of nitrogens with one attached hydrogen (secondary N) is 1. The van der Waals surface area contributed by atoms with E-state index in [1.807, 2.05) is 0 Å². The van der Waals surface area contributed by atoms with Crippen molar-refractivity contribution in [1.29, 1.82) is 0 Å². The standard InChI is InChI=1S/C12H18N4O3/c1-8-6-10(19-15-8)12(18)16(7-11(13)17)9-2-4-14-5-3-9/h6,9,14H,2-5,7H2,1H3,(H2,13,17). The van der Waals surface area contributed by atoms with Gasteiger partial charge in [-0.15, -0.1) is 0 Å². The minimum atomic E-state index is -0.525. The lowest BCUT2D eigenvalue weighted by molar-refractivity contribution is -0.119. The summed E-state index contributed by atoms with van der Waals surface area (Å²) in [5.74, 6) is -0.702. The number of hydrogen-bond donors (Lipinski definition) is 2. The Morgan fingerprint density at radius 3 is 2.74 bits per heavy atom. The molecule has 19 heavy (non-hydrogen) atoms. The fourth-order valence-electron chi connectivity index (χ4n) is 2.26. The molecule has 3 N–H and O–H groups in total. The molecule has 1 fully saturated rings. The summed E-state index contributed by atoms with van der Waals surface area (Å²) in [6.45, 7) is 3.29. The van der Waals surface area contributed by atoms with E-state index in [0.29, 0.717) is 5.69 Å². The molecule has 2 amide bonds. The monoisotopic (exact) mass is 266 g/mol. The van der Waals surface area contributed by atoms with Crippen molar-refractivity contribution in [3.8, 4) is 0 Å². The van der Waals surface area contributed by atoms with Crippen LogP contribution in [0.15, 0.2) is 10.6 Å². The van der Waals surface area contributed by atoms with Crippen LogP contribution >= 0.6 is 0 Å². The SMILES string of the molecule is Cc1cc(C(=O)N(CC(N)=O)C2CCNCC2)on1. The van der Waals surface area contributed by atoms with Gasteiger partial charge in [-0.25, -0.2) is 0 Å². The number of primary amides is 1. The molecule has 0 unspecified atom stereocenters. The average molecular weight is 266 g/mol. The summed E-state index contributed by atoms with van der Waals surface area (Å²) >= 11 is 0. The zero-order valence-electron chi connectivity index (χ0n) is 10.9. The number of hydrogen-bond acceptors (Lipinski definition) is 5. The van der Waals surface area contributed by atoms with Crippen molar-refractivity contribution in [3.05, 3.63) is 17.5 Å². The molecular formula is C12H18N4O3. The third kappa shape index (κ3) is 3.31. The molecule has 1 aliphatic heterocycles. The predicted octanol–water partition coefficient (Wildman–Crippen LogP) is -0.337. The van der Waals surface area contributed by atoms with Crippen LogP contribution in [0.4, 0.5) is 0 Å². The van der Waals surface area contributed by atoms with E-state index < -0.39 is 5.91 Å². The third-order valence-electron chi connectivity index (χ3n) is 3.18. The normalized spacial score (nSPS) is 16.3. The molecule has 2 rings (SSSR count). The Bertz CT molecular complexity index is 465. The zero-order valence-corrected chi connectivity index (χ0v) is 10.9. The van der Waals surface area contributed by atoms with E-state index in [9.17, 15) is 9.59 Å². The van der Waals surface area contributed by atoms with Gasteiger partial charge in [-0.3, -0.25) is 9.59 Å². The van der Waals surface area contributed by atoms with Crippen LogP contribution in [0.1, 0.15) is 29.1 Å². The van der Waals surface area contributed by atoms with Crippen molar-refractivity contribution in [2.45, 2.75) is 25.8 Å². The summed E-state index contributed by atoms with van der Waals surface area (Å²) < 4.78 is 4.97. The summed E-state index contributed by atoms with van der Waals surface area (Å²) in [7, 11) is 0. The van der Waals surface area contributed by atoms with Crippen molar-refractivity contribution in [1.82, 2.24) is 15.4 Å². The van der Waals surface area contributed by atoms with Crippen molar-refractivity contribution < 1.29 is 14.1 Å². The molecule has 0 aromatic carbocycles. The van der Waals surface area contributed by atoms with Gasteiger partial charge in [0.05, 0.1) is 5.69 Å². The van der Waals surface area contributed by atoms with Crippen LogP contribution in [0, 0.1) is 6.92 Å². The summed E-state index contributed by atoms with van der Waals surface area (Å²) in [6.07, 6.45) is 1.60. The van der Waals surface area contributed by atoms with Crippen LogP contribution in [0.2, 0.25) is 0 Å². The average Bonchev–Trinajstić information content (AvgIpc) is 2.83. The molecule has 0 spiro atoms. The topological polar surface area (TPSA) is 101 Å². The van der Waals surface area contributed by atoms with E-state index in [2.05, 4.69) is 10.5 Å². The summed E-state index contributed by atoms with van der Waals surface area (Å²) in [4.78, 5) is 25.0. The predicted molar refractivity (Wildman–Crippen MR) is 67.4 cm³/mol. The van der Waals surface area contributed by atoms with Crippen molar-refractivity contribution in [2.75, 3.05) is 19.6 Å². The molecule has 7 heteroatoms. The van der Waals surface area contributed by atoms with Gasteiger partial charge in [-0.05, 0) is 32.9 Å². The quantitative estimate of drug-likeness (QED) is 0.776. The summed E-state index contributed by atoms with van der Waals surface area (Å²) in [5.41, 5.74) is 5.86. The Labute approximate surface area is 111 Å². The maximum absolute atomic E-state index is 12.4. The molecule has 1 aliphatic rings. The minimum Gasteiger partial charge on any atom is -0.368 e. The lowest BCUT2D eigenvalue weighted by Crippen LogP contribution is -2.49. The second-order valence-corrected chi connectivity index (χ2v) is 4.71. The molecule has 1 aromatic rings. The van der Waals surface area contributed by atoms with Crippen LogP contribution in [-0.4, -0.2) is 47.5 Å². The first-order valence-corrected chi connectivity index (χ1v) is 6.31. The van der Waals surface area contributed by atoms with E-state index >= 15 is 0 Å². The first-order valence-electron chi connectivity index (χ1n) is 6.31. The molecule has 0 bridgehead atoms. The van der Waals surface area contributed by atoms with Crippen LogP contribution < -0.4 is 11.1 Å². The molecule has 0 aliphatic carbocycles. The highest BCUT2D eigenvalue weighted by molar-refractivity contribution is 5.94. The second kappa shape index (κ2) is 5.83. The van der Waals surface area contributed by atoms with Crippen LogP contribution in [0.25, 0.3) is 0 Å². The number of rotatable bonds is 4. The van der Waals surface area contributed by atoms with E-state index in [4.69, 9.17) is 10.3 Å². The molecule has 1 saturated heterocycles. The first kappa shape index (κ1) is 13.5. The van der Waals surface area contributed by atoms with Crippen LogP contribution in [0.5, 0.6) is 0 Å². The van der Waals surface area contributed by atoms with Gasteiger partial charge in [-0.1, -0.05) is 5.16 Å². The number of nitrogens with zero attached hydrogens (tertiary/aromatic N) is 2. The van der Waals surface area contributed by atoms with Gasteiger partial charge < -0.3 is 20.5 Å². The highest BCUT2D eigenvalue weighted by Gasteiger charge is 2.29. The second-order valence-electron chi connectivity index (χ2n) is 4.71. The number of carbonyl (C=O) groups is 2. The van der Waals surface area contributed by atoms with E-state index in [0.717, 1.165) is 25.9 Å². The Hall–Kier alpha value is -1.89. The molecule has 1 aromatic heterocycles. The van der Waals surface area contributed by atoms with Crippen molar-refractivity contribution in [3.63, 3.8) is 0 Å². The van der Waals surface area contributed by atoms with Gasteiger partial charge in [0.15, 0.2) is 0 Å². The zero-order chi connectivity index (χ0) is 13.8. The Kier molecular flexibility index (Phi) is 4.16. The smallest absolute Gasteiger partial charge is 0.293 e. The molecule has 0 atom stereocenters. The first-order chi connectivity index (χ1) is 9.08. The molecule has 104 valence electrons. The highest BCUT2D eigenvalue weighted by Crippen LogP contribution is 2.16. The van der Waals surface area contributed by atoms with Crippen molar-refractivity contribution >= 4 is 11.8 Å². The van der Waals surface area contributed by atoms with Gasteiger partial charge in [0.25, 0.3) is 5.91 Å². The van der Waals surface area contributed by atoms with E-state index in [1.165, 1.54) is 4.90 Å². The number of piperidine rings is 1. The van der Waals surface area contributed by atoms with Crippen LogP contribution in [-0.2, 0) is 4.79 Å². The number of nitrogens with two attached hydrogens (primary N) is 1. The molecular weight excluding hydrogens is 248 g/mol. The lowest BCUT2D eigenvalue weighted by atomic mass is 10.0. The molecule has 2 heterocycles.